The van der Waals surface area contributed by atoms with E-state index >= 15 is 0 Å². The molecule has 1 N–H and O–H groups in total. The SMILES string of the molecule is O[C@@H]1CN(CCN2CCOCC2)CC[C@H]1Oc1ccc2cccnc2c1. The highest BCUT2D eigenvalue weighted by Gasteiger charge is 2.29. The van der Waals surface area contributed by atoms with Crippen LogP contribution in [0.15, 0.2) is 36.5 Å². The molecule has 1 aromatic heterocycles. The summed E-state index contributed by atoms with van der Waals surface area (Å²) in [6.07, 6.45) is 2.00. The number of fused-ring (bicyclic) bond motifs is 1. The Labute approximate surface area is 154 Å². The molecule has 0 bridgehead atoms. The quantitative estimate of drug-likeness (QED) is 0.873. The first-order chi connectivity index (χ1) is 12.8. The van der Waals surface area contributed by atoms with Crippen molar-refractivity contribution in [2.45, 2.75) is 18.6 Å². The molecule has 0 spiro atoms. The van der Waals surface area contributed by atoms with Gasteiger partial charge in [0.25, 0.3) is 0 Å². The number of pyridine rings is 1. The lowest BCUT2D eigenvalue weighted by Gasteiger charge is -2.37. The van der Waals surface area contributed by atoms with Crippen molar-refractivity contribution in [3.63, 3.8) is 0 Å². The van der Waals surface area contributed by atoms with E-state index < -0.39 is 6.10 Å². The first kappa shape index (κ1) is 17.7. The van der Waals surface area contributed by atoms with Gasteiger partial charge in [0.2, 0.25) is 0 Å². The molecule has 0 aliphatic carbocycles. The zero-order valence-electron chi connectivity index (χ0n) is 15.1. The van der Waals surface area contributed by atoms with E-state index in [-0.39, 0.29) is 6.10 Å². The fraction of sp³-hybridized carbons (Fsp3) is 0.550. The van der Waals surface area contributed by atoms with E-state index in [1.165, 1.54) is 0 Å². The number of hydrogen-bond acceptors (Lipinski definition) is 6. The Morgan fingerprint density at radius 2 is 1.96 bits per heavy atom. The van der Waals surface area contributed by atoms with E-state index in [1.807, 2.05) is 30.3 Å². The summed E-state index contributed by atoms with van der Waals surface area (Å²) in [4.78, 5) is 9.14. The van der Waals surface area contributed by atoms with E-state index in [0.29, 0.717) is 6.54 Å². The van der Waals surface area contributed by atoms with Crippen LogP contribution in [-0.2, 0) is 4.74 Å². The van der Waals surface area contributed by atoms with Gasteiger partial charge in [0.05, 0.1) is 18.7 Å². The topological polar surface area (TPSA) is 58.1 Å². The zero-order chi connectivity index (χ0) is 17.8. The minimum Gasteiger partial charge on any atom is -0.488 e. The lowest BCUT2D eigenvalue weighted by atomic mass is 10.0. The highest BCUT2D eigenvalue weighted by Crippen LogP contribution is 2.23. The van der Waals surface area contributed by atoms with Crippen molar-refractivity contribution >= 4 is 10.9 Å². The molecule has 0 radical (unpaired) electrons. The first-order valence-corrected chi connectivity index (χ1v) is 9.50. The number of β-amino-alcohol motifs (C(OH)–C–C–N with tert-alkyl or cyclic N) is 1. The van der Waals surface area contributed by atoms with Crippen LogP contribution >= 0.6 is 0 Å². The number of benzene rings is 1. The minimum atomic E-state index is -0.465. The summed E-state index contributed by atoms with van der Waals surface area (Å²) in [5, 5.41) is 11.6. The molecule has 2 fully saturated rings. The number of piperidine rings is 1. The molecule has 6 nitrogen and oxygen atoms in total. The minimum absolute atomic E-state index is 0.157. The lowest BCUT2D eigenvalue weighted by molar-refractivity contribution is -0.0300. The van der Waals surface area contributed by atoms with Gasteiger partial charge in [-0.2, -0.15) is 0 Å². The molecule has 6 heteroatoms. The van der Waals surface area contributed by atoms with Crippen molar-refractivity contribution in [3.05, 3.63) is 36.5 Å². The fourth-order valence-electron chi connectivity index (χ4n) is 3.72. The Bertz CT molecular complexity index is 720. The number of aromatic nitrogens is 1. The van der Waals surface area contributed by atoms with Crippen LogP contribution in [0.2, 0.25) is 0 Å². The van der Waals surface area contributed by atoms with Gasteiger partial charge in [-0.1, -0.05) is 6.07 Å². The summed E-state index contributed by atoms with van der Waals surface area (Å²) in [5.41, 5.74) is 0.919. The van der Waals surface area contributed by atoms with Crippen molar-refractivity contribution in [1.82, 2.24) is 14.8 Å². The van der Waals surface area contributed by atoms with E-state index in [9.17, 15) is 5.11 Å². The normalized spacial score (nSPS) is 25.4. The molecule has 1 aromatic carbocycles. The summed E-state index contributed by atoms with van der Waals surface area (Å²) >= 11 is 0. The van der Waals surface area contributed by atoms with Crippen molar-refractivity contribution in [2.75, 3.05) is 52.5 Å². The molecule has 2 atom stereocenters. The number of morpholine rings is 1. The van der Waals surface area contributed by atoms with Gasteiger partial charge in [0.15, 0.2) is 0 Å². The first-order valence-electron chi connectivity index (χ1n) is 9.50. The molecule has 26 heavy (non-hydrogen) atoms. The molecule has 2 aromatic rings. The maximum Gasteiger partial charge on any atom is 0.127 e. The highest BCUT2D eigenvalue weighted by molar-refractivity contribution is 5.79. The molecule has 0 saturated carbocycles. The predicted molar refractivity (Wildman–Crippen MR) is 100 cm³/mol. The van der Waals surface area contributed by atoms with Gasteiger partial charge in [0, 0.05) is 56.9 Å². The van der Waals surface area contributed by atoms with E-state index in [1.54, 1.807) is 6.20 Å². The molecule has 0 unspecified atom stereocenters. The summed E-state index contributed by atoms with van der Waals surface area (Å²) in [6, 6.07) is 9.89. The smallest absolute Gasteiger partial charge is 0.127 e. The number of hydrogen-bond donors (Lipinski definition) is 1. The van der Waals surface area contributed by atoms with Gasteiger partial charge < -0.3 is 14.6 Å². The van der Waals surface area contributed by atoms with Crippen molar-refractivity contribution in [3.8, 4) is 5.75 Å². The molecule has 0 amide bonds. The highest BCUT2D eigenvalue weighted by atomic mass is 16.5. The molecule has 3 heterocycles. The Hall–Kier alpha value is -1.73. The Morgan fingerprint density at radius 1 is 1.12 bits per heavy atom. The number of ether oxygens (including phenoxy) is 2. The van der Waals surface area contributed by atoms with E-state index in [4.69, 9.17) is 9.47 Å². The van der Waals surface area contributed by atoms with Gasteiger partial charge >= 0.3 is 0 Å². The van der Waals surface area contributed by atoms with Crippen LogP contribution in [0.1, 0.15) is 6.42 Å². The number of likely N-dealkylation sites (tertiary alicyclic amines) is 1. The lowest BCUT2D eigenvalue weighted by Crippen LogP contribution is -2.51. The molecular weight excluding hydrogens is 330 g/mol. The number of aliphatic hydroxyl groups is 1. The van der Waals surface area contributed by atoms with Crippen molar-refractivity contribution in [1.29, 1.82) is 0 Å². The maximum absolute atomic E-state index is 10.5. The van der Waals surface area contributed by atoms with E-state index in [0.717, 1.165) is 69.0 Å². The van der Waals surface area contributed by atoms with Crippen LogP contribution in [0.4, 0.5) is 0 Å². The molecule has 2 aliphatic rings. The molecule has 140 valence electrons. The zero-order valence-corrected chi connectivity index (χ0v) is 15.1. The number of nitrogens with zero attached hydrogens (tertiary/aromatic N) is 3. The predicted octanol–water partition coefficient (Wildman–Crippen LogP) is 1.38. The van der Waals surface area contributed by atoms with Gasteiger partial charge in [-0.15, -0.1) is 0 Å². The second-order valence-electron chi connectivity index (χ2n) is 7.12. The fourth-order valence-corrected chi connectivity index (χ4v) is 3.72. The second-order valence-corrected chi connectivity index (χ2v) is 7.12. The summed E-state index contributed by atoms with van der Waals surface area (Å²) in [6.45, 7) is 7.34. The number of rotatable bonds is 5. The van der Waals surface area contributed by atoms with Gasteiger partial charge in [-0.25, -0.2) is 0 Å². The van der Waals surface area contributed by atoms with Crippen LogP contribution in [-0.4, -0.2) is 84.6 Å². The molecule has 2 aliphatic heterocycles. The monoisotopic (exact) mass is 357 g/mol. The Morgan fingerprint density at radius 3 is 2.81 bits per heavy atom. The Kier molecular flexibility index (Phi) is 5.65. The van der Waals surface area contributed by atoms with Crippen molar-refractivity contribution in [2.24, 2.45) is 0 Å². The van der Waals surface area contributed by atoms with Crippen LogP contribution in [0.5, 0.6) is 5.75 Å². The van der Waals surface area contributed by atoms with E-state index in [2.05, 4.69) is 14.8 Å². The van der Waals surface area contributed by atoms with Crippen molar-refractivity contribution < 1.29 is 14.6 Å². The third-order valence-corrected chi connectivity index (χ3v) is 5.31. The number of aliphatic hydroxyl groups excluding tert-OH is 1. The average molecular weight is 357 g/mol. The molecule has 4 rings (SSSR count). The molecular formula is C20H27N3O3. The van der Waals surface area contributed by atoms with Crippen LogP contribution in [0, 0.1) is 0 Å². The van der Waals surface area contributed by atoms with Gasteiger partial charge in [-0.05, 0) is 24.6 Å². The third-order valence-electron chi connectivity index (χ3n) is 5.31. The largest absolute Gasteiger partial charge is 0.488 e. The average Bonchev–Trinajstić information content (AvgIpc) is 2.69. The third kappa shape index (κ3) is 4.32. The Balaban J connectivity index is 1.29. The second kappa shape index (κ2) is 8.31. The summed E-state index contributed by atoms with van der Waals surface area (Å²) < 4.78 is 11.5. The van der Waals surface area contributed by atoms with Crippen LogP contribution in [0.25, 0.3) is 10.9 Å². The van der Waals surface area contributed by atoms with Crippen LogP contribution in [0.3, 0.4) is 0 Å². The summed E-state index contributed by atoms with van der Waals surface area (Å²) in [7, 11) is 0. The van der Waals surface area contributed by atoms with Crippen LogP contribution < -0.4 is 4.74 Å². The maximum atomic E-state index is 10.5. The standard InChI is InChI=1S/C20H27N3O3/c24-19-15-23(9-8-22-10-12-25-13-11-22)7-5-20(19)26-17-4-3-16-2-1-6-21-18(16)14-17/h1-4,6,14,19-20,24H,5,7-13,15H2/t19-,20-/m1/s1. The summed E-state index contributed by atoms with van der Waals surface area (Å²) in [5.74, 6) is 0.780. The van der Waals surface area contributed by atoms with Gasteiger partial charge in [-0.3, -0.25) is 14.8 Å². The molecule has 2 saturated heterocycles. The van der Waals surface area contributed by atoms with Gasteiger partial charge in [0.1, 0.15) is 18.0 Å².